The van der Waals surface area contributed by atoms with E-state index in [4.69, 9.17) is 9.47 Å². The summed E-state index contributed by atoms with van der Waals surface area (Å²) in [4.78, 5) is 12.2. The summed E-state index contributed by atoms with van der Waals surface area (Å²) in [5.74, 6) is 0.958. The highest BCUT2D eigenvalue weighted by atomic mass is 79.9. The lowest BCUT2D eigenvalue weighted by Crippen LogP contribution is -2.20. The molecule has 30 heavy (non-hydrogen) atoms. The molecule has 5 nitrogen and oxygen atoms in total. The summed E-state index contributed by atoms with van der Waals surface area (Å²) < 4.78 is 11.7. The van der Waals surface area contributed by atoms with Gasteiger partial charge in [-0.2, -0.15) is 0 Å². The van der Waals surface area contributed by atoms with Crippen molar-refractivity contribution in [3.63, 3.8) is 0 Å². The zero-order chi connectivity index (χ0) is 21.5. The van der Waals surface area contributed by atoms with E-state index in [9.17, 15) is 4.79 Å². The lowest BCUT2D eigenvalue weighted by atomic mass is 10.1. The van der Waals surface area contributed by atoms with Crippen LogP contribution in [0.1, 0.15) is 16.7 Å². The average molecular weight is 469 g/mol. The monoisotopic (exact) mass is 468 g/mol. The Kier molecular flexibility index (Phi) is 7.36. The molecule has 2 N–H and O–H groups in total. The number of aryl methyl sites for hydroxylation is 2. The summed E-state index contributed by atoms with van der Waals surface area (Å²) in [6.45, 7) is 4.80. The molecule has 3 rings (SSSR count). The number of nitrogens with one attached hydrogen (secondary N) is 2. The summed E-state index contributed by atoms with van der Waals surface area (Å²) in [6.07, 6.45) is 0. The van der Waals surface area contributed by atoms with Crippen LogP contribution in [0.4, 0.5) is 11.4 Å². The van der Waals surface area contributed by atoms with Crippen LogP contribution in [0.25, 0.3) is 0 Å². The number of para-hydroxylation sites is 2. The lowest BCUT2D eigenvalue weighted by Gasteiger charge is -2.13. The Morgan fingerprint density at radius 3 is 2.50 bits per heavy atom. The fourth-order valence-corrected chi connectivity index (χ4v) is 3.45. The van der Waals surface area contributed by atoms with Crippen LogP contribution in [-0.4, -0.2) is 19.6 Å². The molecule has 3 aromatic carbocycles. The van der Waals surface area contributed by atoms with Crippen molar-refractivity contribution in [1.29, 1.82) is 0 Å². The van der Waals surface area contributed by atoms with Gasteiger partial charge in [-0.3, -0.25) is 4.79 Å². The number of carbonyl (C=O) groups is 1. The first-order chi connectivity index (χ1) is 14.5. The predicted molar refractivity (Wildman–Crippen MR) is 125 cm³/mol. The van der Waals surface area contributed by atoms with Gasteiger partial charge < -0.3 is 20.1 Å². The molecule has 0 saturated heterocycles. The number of carbonyl (C=O) groups excluding carboxylic acids is 1. The molecule has 1 amide bonds. The number of halogens is 1. The second-order valence-electron chi connectivity index (χ2n) is 6.95. The standard InChI is InChI=1S/C24H25BrN2O3/c1-16-8-10-19(12-17(16)2)26-14-18-9-11-22(20(25)13-18)30-15-24(28)27-21-6-4-5-7-23(21)29-3/h4-13,26H,14-15H2,1-3H3,(H,27,28). The lowest BCUT2D eigenvalue weighted by molar-refractivity contribution is -0.118. The van der Waals surface area contributed by atoms with E-state index in [2.05, 4.69) is 58.6 Å². The van der Waals surface area contributed by atoms with Crippen LogP contribution >= 0.6 is 15.9 Å². The zero-order valence-corrected chi connectivity index (χ0v) is 18.9. The highest BCUT2D eigenvalue weighted by Gasteiger charge is 2.09. The minimum absolute atomic E-state index is 0.100. The van der Waals surface area contributed by atoms with E-state index < -0.39 is 0 Å². The van der Waals surface area contributed by atoms with Gasteiger partial charge in [0.1, 0.15) is 11.5 Å². The van der Waals surface area contributed by atoms with Crippen LogP contribution in [-0.2, 0) is 11.3 Å². The van der Waals surface area contributed by atoms with E-state index in [0.717, 1.165) is 15.7 Å². The van der Waals surface area contributed by atoms with Gasteiger partial charge in [0.25, 0.3) is 5.91 Å². The zero-order valence-electron chi connectivity index (χ0n) is 17.3. The average Bonchev–Trinajstić information content (AvgIpc) is 2.74. The molecular formula is C24H25BrN2O3. The first kappa shape index (κ1) is 21.7. The number of ether oxygens (including phenoxy) is 2. The van der Waals surface area contributed by atoms with E-state index >= 15 is 0 Å². The molecule has 0 aliphatic heterocycles. The minimum Gasteiger partial charge on any atom is -0.495 e. The number of anilines is 2. The van der Waals surface area contributed by atoms with Crippen molar-refractivity contribution >= 4 is 33.2 Å². The molecule has 0 atom stereocenters. The highest BCUT2D eigenvalue weighted by molar-refractivity contribution is 9.10. The molecule has 156 valence electrons. The smallest absolute Gasteiger partial charge is 0.262 e. The molecule has 0 bridgehead atoms. The molecule has 0 spiro atoms. The first-order valence-electron chi connectivity index (χ1n) is 9.61. The SMILES string of the molecule is COc1ccccc1NC(=O)COc1ccc(CNc2ccc(C)c(C)c2)cc1Br. The van der Waals surface area contributed by atoms with Gasteiger partial charge in [0, 0.05) is 12.2 Å². The van der Waals surface area contributed by atoms with E-state index in [-0.39, 0.29) is 12.5 Å². The Morgan fingerprint density at radius 2 is 1.77 bits per heavy atom. The van der Waals surface area contributed by atoms with Crippen LogP contribution in [0.2, 0.25) is 0 Å². The van der Waals surface area contributed by atoms with E-state index in [0.29, 0.717) is 23.7 Å². The Bertz CT molecular complexity index is 1040. The van der Waals surface area contributed by atoms with Gasteiger partial charge >= 0.3 is 0 Å². The molecular weight excluding hydrogens is 444 g/mol. The third kappa shape index (κ3) is 5.76. The van der Waals surface area contributed by atoms with Crippen molar-refractivity contribution in [2.24, 2.45) is 0 Å². The van der Waals surface area contributed by atoms with Crippen LogP contribution in [0.15, 0.2) is 65.1 Å². The summed E-state index contributed by atoms with van der Waals surface area (Å²) in [6, 6.07) is 19.4. The Labute approximate surface area is 185 Å². The largest absolute Gasteiger partial charge is 0.495 e. The van der Waals surface area contributed by atoms with Gasteiger partial charge in [-0.05, 0) is 82.9 Å². The molecule has 0 heterocycles. The van der Waals surface area contributed by atoms with Gasteiger partial charge in [0.05, 0.1) is 17.3 Å². The van der Waals surface area contributed by atoms with Gasteiger partial charge in [-0.15, -0.1) is 0 Å². The predicted octanol–water partition coefficient (Wildman–Crippen LogP) is 5.70. The second kappa shape index (κ2) is 10.2. The highest BCUT2D eigenvalue weighted by Crippen LogP contribution is 2.27. The Balaban J connectivity index is 1.54. The number of rotatable bonds is 8. The molecule has 0 unspecified atom stereocenters. The van der Waals surface area contributed by atoms with Crippen LogP contribution in [0.3, 0.4) is 0 Å². The fourth-order valence-electron chi connectivity index (χ4n) is 2.90. The molecule has 0 aromatic heterocycles. The molecule has 6 heteroatoms. The Morgan fingerprint density at radius 1 is 0.967 bits per heavy atom. The van der Waals surface area contributed by atoms with E-state index in [1.54, 1.807) is 19.2 Å². The number of hydrogen-bond donors (Lipinski definition) is 2. The van der Waals surface area contributed by atoms with Gasteiger partial charge in [-0.25, -0.2) is 0 Å². The molecule has 0 aliphatic rings. The van der Waals surface area contributed by atoms with Crippen molar-refractivity contribution in [3.05, 3.63) is 81.8 Å². The number of amides is 1. The second-order valence-corrected chi connectivity index (χ2v) is 7.81. The quantitative estimate of drug-likeness (QED) is 0.444. The van der Waals surface area contributed by atoms with Gasteiger partial charge in [0.2, 0.25) is 0 Å². The van der Waals surface area contributed by atoms with E-state index in [1.807, 2.05) is 30.3 Å². The summed E-state index contributed by atoms with van der Waals surface area (Å²) in [7, 11) is 1.56. The van der Waals surface area contributed by atoms with Crippen LogP contribution in [0.5, 0.6) is 11.5 Å². The topological polar surface area (TPSA) is 59.6 Å². The normalized spacial score (nSPS) is 10.4. The summed E-state index contributed by atoms with van der Waals surface area (Å²) in [5.41, 5.74) is 5.34. The third-order valence-electron chi connectivity index (χ3n) is 4.74. The third-order valence-corrected chi connectivity index (χ3v) is 5.36. The molecule has 0 saturated carbocycles. The van der Waals surface area contributed by atoms with Crippen molar-refractivity contribution in [2.75, 3.05) is 24.4 Å². The van der Waals surface area contributed by atoms with Crippen LogP contribution in [0, 0.1) is 13.8 Å². The van der Waals surface area contributed by atoms with E-state index in [1.165, 1.54) is 11.1 Å². The maximum Gasteiger partial charge on any atom is 0.262 e. The number of methoxy groups -OCH3 is 1. The first-order valence-corrected chi connectivity index (χ1v) is 10.4. The fraction of sp³-hybridized carbons (Fsp3) is 0.208. The molecule has 0 aliphatic carbocycles. The van der Waals surface area contributed by atoms with Gasteiger partial charge in [0.15, 0.2) is 6.61 Å². The van der Waals surface area contributed by atoms with Crippen molar-refractivity contribution in [2.45, 2.75) is 20.4 Å². The summed E-state index contributed by atoms with van der Waals surface area (Å²) in [5, 5.41) is 6.22. The molecule has 0 fully saturated rings. The van der Waals surface area contributed by atoms with Crippen molar-refractivity contribution < 1.29 is 14.3 Å². The van der Waals surface area contributed by atoms with Gasteiger partial charge in [-0.1, -0.05) is 24.3 Å². The number of hydrogen-bond acceptors (Lipinski definition) is 4. The molecule has 0 radical (unpaired) electrons. The van der Waals surface area contributed by atoms with Crippen LogP contribution < -0.4 is 20.1 Å². The Hall–Kier alpha value is -2.99. The van der Waals surface area contributed by atoms with Crippen molar-refractivity contribution in [1.82, 2.24) is 0 Å². The minimum atomic E-state index is -0.258. The maximum atomic E-state index is 12.2. The van der Waals surface area contributed by atoms with Crippen molar-refractivity contribution in [3.8, 4) is 11.5 Å². The number of benzene rings is 3. The summed E-state index contributed by atoms with van der Waals surface area (Å²) >= 11 is 3.53. The maximum absolute atomic E-state index is 12.2. The molecule has 3 aromatic rings.